The Balaban J connectivity index is 1.42. The largest absolute Gasteiger partial charge is 0.493 e. The maximum Gasteiger partial charge on any atom is 0.416 e. The van der Waals surface area contributed by atoms with Gasteiger partial charge in [-0.1, -0.05) is 23.9 Å². The van der Waals surface area contributed by atoms with Crippen LogP contribution in [0, 0.1) is 0 Å². The number of para-hydroxylation sites is 1. The lowest BCUT2D eigenvalue weighted by Crippen LogP contribution is -2.14. The van der Waals surface area contributed by atoms with Gasteiger partial charge < -0.3 is 19.0 Å². The molecule has 1 N–H and O–H groups in total. The molecule has 0 fully saturated rings. The number of carbonyl (C=O) groups excluding carboxylic acids is 1. The lowest BCUT2D eigenvalue weighted by molar-refractivity contribution is -0.137. The fraction of sp³-hybridized carbons (Fsp3) is 0.190. The van der Waals surface area contributed by atoms with Gasteiger partial charge in [-0.3, -0.25) is 4.79 Å². The Kier molecular flexibility index (Phi) is 5.83. The van der Waals surface area contributed by atoms with Crippen LogP contribution >= 0.6 is 11.8 Å². The summed E-state index contributed by atoms with van der Waals surface area (Å²) >= 11 is 1.14. The highest BCUT2D eigenvalue weighted by atomic mass is 32.2. The average molecular weight is 462 g/mol. The average Bonchev–Trinajstić information content (AvgIpc) is 3.35. The van der Waals surface area contributed by atoms with Crippen LogP contribution in [0.3, 0.4) is 0 Å². The van der Waals surface area contributed by atoms with E-state index in [9.17, 15) is 18.0 Å². The monoisotopic (exact) mass is 462 g/mol. The second-order valence-electron chi connectivity index (χ2n) is 6.77. The van der Waals surface area contributed by atoms with Gasteiger partial charge in [0.1, 0.15) is 0 Å². The number of rotatable bonds is 6. The van der Waals surface area contributed by atoms with Crippen LogP contribution in [-0.4, -0.2) is 33.5 Å². The van der Waals surface area contributed by atoms with Crippen molar-refractivity contribution < 1.29 is 27.1 Å². The highest BCUT2D eigenvalue weighted by Crippen LogP contribution is 2.33. The molecule has 0 saturated carbocycles. The van der Waals surface area contributed by atoms with Crippen LogP contribution in [0.1, 0.15) is 5.56 Å². The van der Waals surface area contributed by atoms with Crippen LogP contribution in [0.15, 0.2) is 58.1 Å². The quantitative estimate of drug-likeness (QED) is 0.407. The number of carbonyl (C=O) groups is 1. The molecule has 0 aliphatic carbocycles. The maximum absolute atomic E-state index is 12.6. The Hall–Kier alpha value is -3.47. The van der Waals surface area contributed by atoms with Crippen LogP contribution < -0.4 is 10.1 Å². The van der Waals surface area contributed by atoms with E-state index in [4.69, 9.17) is 9.15 Å². The molecule has 0 atom stereocenters. The van der Waals surface area contributed by atoms with Gasteiger partial charge in [0.05, 0.1) is 18.4 Å². The number of benzene rings is 2. The van der Waals surface area contributed by atoms with E-state index in [1.807, 2.05) is 18.2 Å². The number of ether oxygens (including phenoxy) is 1. The molecular formula is C21H17F3N4O3S. The van der Waals surface area contributed by atoms with E-state index in [1.54, 1.807) is 24.8 Å². The first kappa shape index (κ1) is 21.8. The molecule has 11 heteroatoms. The van der Waals surface area contributed by atoms with Gasteiger partial charge in [0.15, 0.2) is 28.1 Å². The molecular weight excluding hydrogens is 445 g/mol. The van der Waals surface area contributed by atoms with Crippen molar-refractivity contribution in [2.45, 2.75) is 11.3 Å². The smallest absolute Gasteiger partial charge is 0.416 e. The number of anilines is 1. The second-order valence-corrected chi connectivity index (χ2v) is 7.71. The predicted octanol–water partition coefficient (Wildman–Crippen LogP) is 4.99. The van der Waals surface area contributed by atoms with Crippen molar-refractivity contribution in [3.8, 4) is 17.3 Å². The number of amides is 1. The summed E-state index contributed by atoms with van der Waals surface area (Å²) in [6.45, 7) is 0. The molecule has 32 heavy (non-hydrogen) atoms. The zero-order valence-corrected chi connectivity index (χ0v) is 17.8. The van der Waals surface area contributed by atoms with Gasteiger partial charge in [-0.15, -0.1) is 10.2 Å². The molecule has 4 rings (SSSR count). The van der Waals surface area contributed by atoms with Crippen molar-refractivity contribution in [1.82, 2.24) is 14.8 Å². The van der Waals surface area contributed by atoms with Crippen LogP contribution in [0.4, 0.5) is 18.9 Å². The van der Waals surface area contributed by atoms with Gasteiger partial charge in [-0.2, -0.15) is 13.2 Å². The normalized spacial score (nSPS) is 11.7. The number of methoxy groups -OCH3 is 1. The van der Waals surface area contributed by atoms with Crippen LogP contribution in [-0.2, 0) is 18.0 Å². The summed E-state index contributed by atoms with van der Waals surface area (Å²) in [6.07, 6.45) is -4.42. The summed E-state index contributed by atoms with van der Waals surface area (Å²) in [5, 5.41) is 12.2. The number of hydrogen-bond acceptors (Lipinski definition) is 6. The van der Waals surface area contributed by atoms with Crippen molar-refractivity contribution in [3.63, 3.8) is 0 Å². The van der Waals surface area contributed by atoms with Gasteiger partial charge in [0.2, 0.25) is 5.91 Å². The zero-order valence-electron chi connectivity index (χ0n) is 16.9. The Morgan fingerprint density at radius 2 is 1.94 bits per heavy atom. The molecule has 1 amide bonds. The van der Waals surface area contributed by atoms with E-state index >= 15 is 0 Å². The summed E-state index contributed by atoms with van der Waals surface area (Å²) in [6, 6.07) is 11.6. The molecule has 0 aliphatic rings. The first-order valence-electron chi connectivity index (χ1n) is 9.32. The standard InChI is InChI=1S/C21H17F3N4O3S/c1-28-19(16-10-12-4-3-5-15(30-2)18(12)31-16)26-27-20(28)32-11-17(29)25-14-8-6-13(7-9-14)21(22,23)24/h3-10H,11H2,1-2H3,(H,25,29). The summed E-state index contributed by atoms with van der Waals surface area (Å²) in [5.41, 5.74) is 0.0938. The van der Waals surface area contributed by atoms with Crippen molar-refractivity contribution in [1.29, 1.82) is 0 Å². The van der Waals surface area contributed by atoms with Gasteiger partial charge in [-0.05, 0) is 36.4 Å². The third kappa shape index (κ3) is 4.42. The first-order chi connectivity index (χ1) is 15.3. The molecule has 0 unspecified atom stereocenters. The number of thioether (sulfide) groups is 1. The lowest BCUT2D eigenvalue weighted by Gasteiger charge is -2.08. The van der Waals surface area contributed by atoms with Gasteiger partial charge in [-0.25, -0.2) is 0 Å². The summed E-state index contributed by atoms with van der Waals surface area (Å²) in [7, 11) is 3.31. The molecule has 2 heterocycles. The van der Waals surface area contributed by atoms with E-state index in [-0.39, 0.29) is 17.3 Å². The Labute approximate surface area is 184 Å². The number of halogens is 3. The number of nitrogens with one attached hydrogen (secondary N) is 1. The molecule has 0 saturated heterocycles. The van der Waals surface area contributed by atoms with E-state index in [0.717, 1.165) is 29.3 Å². The molecule has 0 radical (unpaired) electrons. The van der Waals surface area contributed by atoms with E-state index in [1.165, 1.54) is 12.1 Å². The maximum atomic E-state index is 12.6. The van der Waals surface area contributed by atoms with Crippen molar-refractivity contribution in [2.75, 3.05) is 18.2 Å². The van der Waals surface area contributed by atoms with Crippen molar-refractivity contribution in [2.24, 2.45) is 7.05 Å². The van der Waals surface area contributed by atoms with Crippen molar-refractivity contribution >= 4 is 34.3 Å². The molecule has 0 spiro atoms. The topological polar surface area (TPSA) is 82.2 Å². The number of alkyl halides is 3. The third-order valence-corrected chi connectivity index (χ3v) is 5.63. The SMILES string of the molecule is COc1cccc2cc(-c3nnc(SCC(=O)Nc4ccc(C(F)(F)F)cc4)n3C)oc12. The molecule has 2 aromatic heterocycles. The number of fused-ring (bicyclic) bond motifs is 1. The summed E-state index contributed by atoms with van der Waals surface area (Å²) < 4.78 is 50.8. The second kappa shape index (κ2) is 8.58. The Bertz CT molecular complexity index is 1270. The number of furan rings is 1. The number of hydrogen-bond donors (Lipinski definition) is 1. The van der Waals surface area contributed by atoms with Crippen molar-refractivity contribution in [3.05, 3.63) is 54.1 Å². The zero-order chi connectivity index (χ0) is 22.9. The Morgan fingerprint density at radius 1 is 1.19 bits per heavy atom. The minimum Gasteiger partial charge on any atom is -0.493 e. The molecule has 2 aromatic carbocycles. The number of aromatic nitrogens is 3. The molecule has 0 aliphatic heterocycles. The predicted molar refractivity (Wildman–Crippen MR) is 114 cm³/mol. The minimum atomic E-state index is -4.42. The van der Waals surface area contributed by atoms with Gasteiger partial charge in [0.25, 0.3) is 0 Å². The van der Waals surface area contributed by atoms with E-state index in [0.29, 0.717) is 28.1 Å². The van der Waals surface area contributed by atoms with Gasteiger partial charge in [0, 0.05) is 18.1 Å². The van der Waals surface area contributed by atoms with Crippen LogP contribution in [0.25, 0.3) is 22.6 Å². The fourth-order valence-electron chi connectivity index (χ4n) is 3.03. The fourth-order valence-corrected chi connectivity index (χ4v) is 3.74. The number of nitrogens with zero attached hydrogens (tertiary/aromatic N) is 3. The molecule has 4 aromatic rings. The lowest BCUT2D eigenvalue weighted by atomic mass is 10.2. The first-order valence-corrected chi connectivity index (χ1v) is 10.3. The minimum absolute atomic E-state index is 0.000941. The Morgan fingerprint density at radius 3 is 2.62 bits per heavy atom. The highest BCUT2D eigenvalue weighted by molar-refractivity contribution is 7.99. The molecule has 7 nitrogen and oxygen atoms in total. The highest BCUT2D eigenvalue weighted by Gasteiger charge is 2.30. The summed E-state index contributed by atoms with van der Waals surface area (Å²) in [4.78, 5) is 12.2. The van der Waals surface area contributed by atoms with Crippen LogP contribution in [0.2, 0.25) is 0 Å². The molecule has 0 bridgehead atoms. The van der Waals surface area contributed by atoms with E-state index < -0.39 is 11.7 Å². The van der Waals surface area contributed by atoms with Gasteiger partial charge >= 0.3 is 6.18 Å². The summed E-state index contributed by atoms with van der Waals surface area (Å²) in [5.74, 6) is 1.20. The third-order valence-electron chi connectivity index (χ3n) is 4.61. The van der Waals surface area contributed by atoms with E-state index in [2.05, 4.69) is 15.5 Å². The molecule has 166 valence electrons. The van der Waals surface area contributed by atoms with Crippen LogP contribution in [0.5, 0.6) is 5.75 Å².